The third-order valence-corrected chi connectivity index (χ3v) is 5.61. The van der Waals surface area contributed by atoms with Gasteiger partial charge >= 0.3 is 0 Å². The van der Waals surface area contributed by atoms with E-state index in [0.29, 0.717) is 24.3 Å². The molecular weight excluding hydrogens is 338 g/mol. The van der Waals surface area contributed by atoms with E-state index in [1.165, 1.54) is 0 Å². The van der Waals surface area contributed by atoms with Gasteiger partial charge in [0, 0.05) is 43.6 Å². The van der Waals surface area contributed by atoms with Crippen LogP contribution in [0.2, 0.25) is 0 Å². The van der Waals surface area contributed by atoms with Gasteiger partial charge in [-0.3, -0.25) is 4.79 Å². The summed E-state index contributed by atoms with van der Waals surface area (Å²) in [5.74, 6) is 0.908. The third-order valence-electron chi connectivity index (χ3n) is 5.61. The fourth-order valence-electron chi connectivity index (χ4n) is 4.34. The van der Waals surface area contributed by atoms with Gasteiger partial charge in [0.25, 0.3) is 0 Å². The lowest BCUT2D eigenvalue weighted by atomic mass is 9.98. The van der Waals surface area contributed by atoms with Crippen LogP contribution in [0.3, 0.4) is 0 Å². The number of hydrogen-bond acceptors (Lipinski definition) is 4. The summed E-state index contributed by atoms with van der Waals surface area (Å²) < 4.78 is 6.04. The van der Waals surface area contributed by atoms with Crippen LogP contribution in [0.4, 0.5) is 0 Å². The number of amides is 1. The Hall–Kier alpha value is -2.87. The molecule has 3 heterocycles. The minimum Gasteiger partial charge on any atom is -0.474 e. The van der Waals surface area contributed by atoms with Gasteiger partial charge in [-0.15, -0.1) is 0 Å². The zero-order valence-electron chi connectivity index (χ0n) is 15.3. The van der Waals surface area contributed by atoms with Crippen LogP contribution >= 0.6 is 0 Å². The molecule has 1 amide bonds. The number of rotatable bonds is 5. The van der Waals surface area contributed by atoms with Crippen molar-refractivity contribution in [3.63, 3.8) is 0 Å². The number of pyridine rings is 1. The lowest BCUT2D eigenvalue weighted by Gasteiger charge is -2.38. The Bertz CT molecular complexity index is 815. The maximum Gasteiger partial charge on any atom is 0.223 e. The predicted molar refractivity (Wildman–Crippen MR) is 101 cm³/mol. The van der Waals surface area contributed by atoms with Crippen molar-refractivity contribution in [1.29, 1.82) is 5.26 Å². The molecule has 2 bridgehead atoms. The first-order valence-electron chi connectivity index (χ1n) is 9.61. The molecule has 2 aliphatic heterocycles. The maximum absolute atomic E-state index is 12.8. The van der Waals surface area contributed by atoms with E-state index in [9.17, 15) is 4.79 Å². The largest absolute Gasteiger partial charge is 0.474 e. The summed E-state index contributed by atoms with van der Waals surface area (Å²) in [7, 11) is 0. The van der Waals surface area contributed by atoms with Gasteiger partial charge in [-0.05, 0) is 43.0 Å². The van der Waals surface area contributed by atoms with Crippen LogP contribution in [-0.2, 0) is 11.2 Å². The molecule has 5 heteroatoms. The monoisotopic (exact) mass is 361 g/mol. The summed E-state index contributed by atoms with van der Waals surface area (Å²) in [5, 5.41) is 8.87. The van der Waals surface area contributed by atoms with E-state index < -0.39 is 0 Å². The van der Waals surface area contributed by atoms with Gasteiger partial charge in [0.05, 0.1) is 11.6 Å². The van der Waals surface area contributed by atoms with Crippen molar-refractivity contribution in [1.82, 2.24) is 9.88 Å². The number of ether oxygens (including phenoxy) is 1. The Balaban J connectivity index is 1.33. The molecule has 27 heavy (non-hydrogen) atoms. The zero-order chi connectivity index (χ0) is 18.6. The highest BCUT2D eigenvalue weighted by Gasteiger charge is 2.43. The molecule has 1 aromatic heterocycles. The molecule has 2 atom stereocenters. The van der Waals surface area contributed by atoms with Crippen LogP contribution in [0.25, 0.3) is 0 Å². The summed E-state index contributed by atoms with van der Waals surface area (Å²) in [5.41, 5.74) is 1.75. The topological polar surface area (TPSA) is 66.2 Å². The first-order chi connectivity index (χ1) is 13.2. The molecule has 2 unspecified atom stereocenters. The van der Waals surface area contributed by atoms with Gasteiger partial charge in [-0.2, -0.15) is 5.26 Å². The highest BCUT2D eigenvalue weighted by molar-refractivity contribution is 5.77. The molecule has 138 valence electrons. The number of nitrogens with zero attached hydrogens (tertiary/aromatic N) is 3. The van der Waals surface area contributed by atoms with E-state index in [1.54, 1.807) is 6.20 Å². The second-order valence-corrected chi connectivity index (χ2v) is 7.37. The second-order valence-electron chi connectivity index (χ2n) is 7.37. The smallest absolute Gasteiger partial charge is 0.223 e. The number of aryl methyl sites for hydroxylation is 1. The molecule has 0 N–H and O–H groups in total. The van der Waals surface area contributed by atoms with Crippen LogP contribution in [0.15, 0.2) is 48.7 Å². The summed E-state index contributed by atoms with van der Waals surface area (Å²) >= 11 is 0. The van der Waals surface area contributed by atoms with Crippen molar-refractivity contribution in [2.45, 2.75) is 56.7 Å². The van der Waals surface area contributed by atoms with Gasteiger partial charge < -0.3 is 9.64 Å². The SMILES string of the molecule is N#Cc1ccc(CCC(=O)N2C3CCC2CC(Oc2ccccn2)C3)cc1. The van der Waals surface area contributed by atoms with Crippen LogP contribution in [-0.4, -0.2) is 34.0 Å². The van der Waals surface area contributed by atoms with Gasteiger partial charge in [0.1, 0.15) is 6.10 Å². The molecule has 0 saturated carbocycles. The van der Waals surface area contributed by atoms with Crippen LogP contribution < -0.4 is 4.74 Å². The standard InChI is InChI=1S/C22H23N3O2/c23-15-17-6-4-16(5-7-17)8-11-22(26)25-18-9-10-19(25)14-20(13-18)27-21-3-1-2-12-24-21/h1-7,12,18-20H,8-11,13-14H2. The average molecular weight is 361 g/mol. The number of carbonyl (C=O) groups is 1. The van der Waals surface area contributed by atoms with Gasteiger partial charge in [0.2, 0.25) is 11.8 Å². The summed E-state index contributed by atoms with van der Waals surface area (Å²) in [6.07, 6.45) is 7.01. The summed E-state index contributed by atoms with van der Waals surface area (Å²) in [4.78, 5) is 19.2. The normalized spacial score (nSPS) is 23.7. The van der Waals surface area contributed by atoms with Crippen molar-refractivity contribution in [3.05, 3.63) is 59.8 Å². The number of benzene rings is 1. The minimum absolute atomic E-state index is 0.139. The molecule has 2 aromatic rings. The summed E-state index contributed by atoms with van der Waals surface area (Å²) in [6.45, 7) is 0. The molecule has 2 fully saturated rings. The number of carbonyl (C=O) groups excluding carboxylic acids is 1. The minimum atomic E-state index is 0.139. The number of fused-ring (bicyclic) bond motifs is 2. The number of piperidine rings is 1. The Morgan fingerprint density at radius 1 is 1.15 bits per heavy atom. The molecular formula is C22H23N3O2. The average Bonchev–Trinajstić information content (AvgIpc) is 2.98. The van der Waals surface area contributed by atoms with E-state index in [0.717, 1.165) is 31.2 Å². The Labute approximate surface area is 159 Å². The van der Waals surface area contributed by atoms with Gasteiger partial charge in [-0.25, -0.2) is 4.98 Å². The van der Waals surface area contributed by atoms with Crippen molar-refractivity contribution in [3.8, 4) is 11.9 Å². The quantitative estimate of drug-likeness (QED) is 0.818. The van der Waals surface area contributed by atoms with Crippen LogP contribution in [0, 0.1) is 11.3 Å². The Kier molecular flexibility index (Phi) is 5.06. The number of nitriles is 1. The molecule has 2 saturated heterocycles. The van der Waals surface area contributed by atoms with Crippen LogP contribution in [0.1, 0.15) is 43.2 Å². The molecule has 0 radical (unpaired) electrons. The first-order valence-corrected chi connectivity index (χ1v) is 9.61. The van der Waals surface area contributed by atoms with E-state index in [2.05, 4.69) is 16.0 Å². The highest BCUT2D eigenvalue weighted by Crippen LogP contribution is 2.37. The van der Waals surface area contributed by atoms with E-state index >= 15 is 0 Å². The lowest BCUT2D eigenvalue weighted by Crippen LogP contribution is -2.49. The second kappa shape index (κ2) is 7.79. The Morgan fingerprint density at radius 2 is 1.89 bits per heavy atom. The maximum atomic E-state index is 12.8. The number of aromatic nitrogens is 1. The van der Waals surface area contributed by atoms with E-state index in [4.69, 9.17) is 10.00 Å². The first kappa shape index (κ1) is 17.5. The van der Waals surface area contributed by atoms with Crippen molar-refractivity contribution in [2.24, 2.45) is 0 Å². The molecule has 4 rings (SSSR count). The lowest BCUT2D eigenvalue weighted by molar-refractivity contribution is -0.137. The van der Waals surface area contributed by atoms with Crippen molar-refractivity contribution < 1.29 is 9.53 Å². The number of hydrogen-bond donors (Lipinski definition) is 0. The molecule has 5 nitrogen and oxygen atoms in total. The van der Waals surface area contributed by atoms with Gasteiger partial charge in [-0.1, -0.05) is 18.2 Å². The van der Waals surface area contributed by atoms with E-state index in [-0.39, 0.29) is 24.1 Å². The van der Waals surface area contributed by atoms with Crippen molar-refractivity contribution >= 4 is 5.91 Å². The zero-order valence-corrected chi connectivity index (χ0v) is 15.3. The Morgan fingerprint density at radius 3 is 2.52 bits per heavy atom. The summed E-state index contributed by atoms with van der Waals surface area (Å²) in [6, 6.07) is 15.9. The fourth-order valence-corrected chi connectivity index (χ4v) is 4.34. The molecule has 0 aliphatic carbocycles. The molecule has 0 spiro atoms. The van der Waals surface area contributed by atoms with Crippen molar-refractivity contribution in [2.75, 3.05) is 0 Å². The fraction of sp³-hybridized carbons (Fsp3) is 0.409. The molecule has 1 aromatic carbocycles. The third kappa shape index (κ3) is 3.95. The highest BCUT2D eigenvalue weighted by atomic mass is 16.5. The van der Waals surface area contributed by atoms with E-state index in [1.807, 2.05) is 42.5 Å². The predicted octanol–water partition coefficient (Wildman–Crippen LogP) is 3.49. The molecule has 2 aliphatic rings. The van der Waals surface area contributed by atoms with Gasteiger partial charge in [0.15, 0.2) is 0 Å². The van der Waals surface area contributed by atoms with Crippen LogP contribution in [0.5, 0.6) is 5.88 Å².